The molecule has 39 heavy (non-hydrogen) atoms. The van der Waals surface area contributed by atoms with Crippen LogP contribution in [0, 0.1) is 18.6 Å². The van der Waals surface area contributed by atoms with Crippen LogP contribution in [0.25, 0.3) is 5.69 Å². The highest BCUT2D eigenvalue weighted by molar-refractivity contribution is 6.31. The number of ether oxygens (including phenoxy) is 1. The second-order valence-electron chi connectivity index (χ2n) is 9.55. The number of nitrogens with zero attached hydrogens (tertiary/aromatic N) is 4. The lowest BCUT2D eigenvalue weighted by molar-refractivity contribution is -0.122. The molecule has 1 aliphatic heterocycles. The van der Waals surface area contributed by atoms with E-state index in [0.717, 1.165) is 10.6 Å². The molecule has 3 aromatic rings. The summed E-state index contributed by atoms with van der Waals surface area (Å²) < 4.78 is 33.7. The third-order valence-corrected chi connectivity index (χ3v) is 6.27. The summed E-state index contributed by atoms with van der Waals surface area (Å²) in [6, 6.07) is 7.50. The number of anilines is 2. The number of carbonyl (C=O) groups is 2. The fourth-order valence-electron chi connectivity index (χ4n) is 4.13. The first kappa shape index (κ1) is 28.1. The molecule has 1 aliphatic rings. The Kier molecular flexibility index (Phi) is 7.73. The van der Waals surface area contributed by atoms with Gasteiger partial charge < -0.3 is 14.9 Å². The van der Waals surface area contributed by atoms with Crippen molar-refractivity contribution in [3.05, 3.63) is 74.8 Å². The van der Waals surface area contributed by atoms with Crippen molar-refractivity contribution in [1.82, 2.24) is 9.55 Å². The van der Waals surface area contributed by atoms with Crippen LogP contribution in [0.15, 0.2) is 41.2 Å². The third kappa shape index (κ3) is 5.77. The highest BCUT2D eigenvalue weighted by atomic mass is 35.5. The highest BCUT2D eigenvalue weighted by Gasteiger charge is 2.35. The lowest BCUT2D eigenvalue weighted by Gasteiger charge is -2.22. The van der Waals surface area contributed by atoms with Gasteiger partial charge in [-0.3, -0.25) is 28.8 Å². The molecule has 0 atom stereocenters. The van der Waals surface area contributed by atoms with Crippen LogP contribution in [0.5, 0.6) is 5.88 Å². The van der Waals surface area contributed by atoms with Gasteiger partial charge in [0.05, 0.1) is 29.1 Å². The van der Waals surface area contributed by atoms with Crippen LogP contribution in [-0.2, 0) is 16.2 Å². The molecule has 4 rings (SSSR count). The number of aromatic nitrogens is 2. The van der Waals surface area contributed by atoms with Gasteiger partial charge in [0.2, 0.25) is 11.8 Å². The Balaban J connectivity index is 1.69. The molecular weight excluding hydrogens is 538 g/mol. The van der Waals surface area contributed by atoms with Crippen LogP contribution in [0.2, 0.25) is 5.02 Å². The minimum absolute atomic E-state index is 0.0343. The summed E-state index contributed by atoms with van der Waals surface area (Å²) in [6.45, 7) is 3.12. The van der Waals surface area contributed by atoms with E-state index >= 15 is 0 Å². The van der Waals surface area contributed by atoms with Crippen molar-refractivity contribution in [1.29, 1.82) is 0 Å². The number of hydrogen-bond acceptors (Lipinski definition) is 7. The Labute approximate surface area is 226 Å². The first-order chi connectivity index (χ1) is 18.3. The summed E-state index contributed by atoms with van der Waals surface area (Å²) in [5.74, 6) is -2.80. The number of aryl methyl sites for hydroxylation is 1. The second-order valence-corrected chi connectivity index (χ2v) is 9.93. The minimum atomic E-state index is -1.29. The maximum Gasteiger partial charge on any atom is 0.280 e. The van der Waals surface area contributed by atoms with Crippen molar-refractivity contribution in [2.45, 2.75) is 39.4 Å². The minimum Gasteiger partial charge on any atom is -0.471 e. The monoisotopic (exact) mass is 562 g/mol. The molecule has 0 saturated carbocycles. The normalized spacial score (nSPS) is 13.0. The van der Waals surface area contributed by atoms with E-state index in [9.17, 15) is 33.4 Å². The smallest absolute Gasteiger partial charge is 0.280 e. The maximum absolute atomic E-state index is 14.0. The van der Waals surface area contributed by atoms with Crippen LogP contribution >= 0.6 is 11.6 Å². The first-order valence-corrected chi connectivity index (χ1v) is 12.1. The summed E-state index contributed by atoms with van der Waals surface area (Å²) in [5.41, 5.74) is -1.11. The van der Waals surface area contributed by atoms with Gasteiger partial charge in [-0.05, 0) is 51.1 Å². The molecule has 10 nitrogen and oxygen atoms in total. The van der Waals surface area contributed by atoms with Gasteiger partial charge in [0.15, 0.2) is 5.02 Å². The van der Waals surface area contributed by atoms with E-state index in [2.05, 4.69) is 4.98 Å². The zero-order valence-electron chi connectivity index (χ0n) is 21.2. The number of fused-ring (bicyclic) bond motifs is 1. The molecule has 0 unspecified atom stereocenters. The molecule has 0 saturated heterocycles. The average molecular weight is 563 g/mol. The Morgan fingerprint density at radius 2 is 1.79 bits per heavy atom. The van der Waals surface area contributed by atoms with Crippen LogP contribution in [-0.4, -0.2) is 50.5 Å². The van der Waals surface area contributed by atoms with Gasteiger partial charge in [-0.2, -0.15) is 4.98 Å². The molecule has 206 valence electrons. The molecular formula is C26H25ClF2N4O6. The Morgan fingerprint density at radius 3 is 2.44 bits per heavy atom. The van der Waals surface area contributed by atoms with Crippen molar-refractivity contribution in [3.8, 4) is 11.6 Å². The van der Waals surface area contributed by atoms with Crippen molar-refractivity contribution < 1.29 is 33.3 Å². The summed E-state index contributed by atoms with van der Waals surface area (Å²) in [6.07, 6.45) is -0.212. The summed E-state index contributed by atoms with van der Waals surface area (Å²) in [5, 5.41) is 19.1. The standard InChI is InChI=1S/C26H25ClF2N4O6/c1-14-30-24(39-12-15-4-5-16(28)8-18(15)29)23(27)25(37)33(14)17-6-7-19-20(9-17)32(22(36)11-34)13-31(19)21(35)10-26(2,3)38/h4-9,34,38H,10-13H2,1-3H3. The van der Waals surface area contributed by atoms with E-state index in [1.54, 1.807) is 0 Å². The molecule has 2 N–H and O–H groups in total. The van der Waals surface area contributed by atoms with Gasteiger partial charge in [0, 0.05) is 11.6 Å². The van der Waals surface area contributed by atoms with Crippen LogP contribution in [0.1, 0.15) is 31.7 Å². The molecule has 1 aromatic heterocycles. The summed E-state index contributed by atoms with van der Waals surface area (Å²) in [7, 11) is 0. The lowest BCUT2D eigenvalue weighted by atomic mass is 10.0. The second kappa shape index (κ2) is 10.7. The predicted octanol–water partition coefficient (Wildman–Crippen LogP) is 2.84. The molecule has 0 aliphatic carbocycles. The van der Waals surface area contributed by atoms with E-state index in [0.29, 0.717) is 11.8 Å². The largest absolute Gasteiger partial charge is 0.471 e. The molecule has 0 fully saturated rings. The van der Waals surface area contributed by atoms with E-state index in [1.807, 2.05) is 0 Å². The lowest BCUT2D eigenvalue weighted by Crippen LogP contribution is -2.41. The van der Waals surface area contributed by atoms with Crippen molar-refractivity contribution in [3.63, 3.8) is 0 Å². The fraction of sp³-hybridized carbons (Fsp3) is 0.308. The number of benzene rings is 2. The first-order valence-electron chi connectivity index (χ1n) is 11.7. The average Bonchev–Trinajstić information content (AvgIpc) is 3.24. The molecule has 0 bridgehead atoms. The number of carbonyl (C=O) groups excluding carboxylic acids is 2. The zero-order chi connectivity index (χ0) is 28.6. The fourth-order valence-corrected chi connectivity index (χ4v) is 4.31. The molecule has 0 spiro atoms. The topological polar surface area (TPSA) is 125 Å². The van der Waals surface area contributed by atoms with Crippen LogP contribution < -0.4 is 20.1 Å². The number of amides is 2. The van der Waals surface area contributed by atoms with E-state index in [-0.39, 0.29) is 48.3 Å². The summed E-state index contributed by atoms with van der Waals surface area (Å²) >= 11 is 6.25. The number of halogens is 3. The van der Waals surface area contributed by atoms with Crippen molar-refractivity contribution in [2.24, 2.45) is 0 Å². The molecule has 13 heteroatoms. The maximum atomic E-state index is 14.0. The van der Waals surface area contributed by atoms with Gasteiger partial charge >= 0.3 is 0 Å². The molecule has 2 amide bonds. The van der Waals surface area contributed by atoms with Crippen molar-refractivity contribution in [2.75, 3.05) is 23.1 Å². The molecule has 2 heterocycles. The predicted molar refractivity (Wildman–Crippen MR) is 138 cm³/mol. The van der Waals surface area contributed by atoms with Crippen molar-refractivity contribution >= 4 is 34.8 Å². The Morgan fingerprint density at radius 1 is 1.10 bits per heavy atom. The van der Waals surface area contributed by atoms with Gasteiger partial charge in [-0.25, -0.2) is 8.78 Å². The SMILES string of the molecule is Cc1nc(OCc2ccc(F)cc2F)c(Cl)c(=O)n1-c1ccc2c(c1)N(C(=O)CO)CN2C(=O)CC(C)(C)O. The van der Waals surface area contributed by atoms with Gasteiger partial charge in [0.25, 0.3) is 11.5 Å². The highest BCUT2D eigenvalue weighted by Crippen LogP contribution is 2.38. The quantitative estimate of drug-likeness (QED) is 0.453. The van der Waals surface area contributed by atoms with E-state index in [4.69, 9.17) is 16.3 Å². The van der Waals surface area contributed by atoms with Crippen LogP contribution in [0.3, 0.4) is 0 Å². The Bertz CT molecular complexity index is 1520. The summed E-state index contributed by atoms with van der Waals surface area (Å²) in [4.78, 5) is 45.2. The van der Waals surface area contributed by atoms with Crippen LogP contribution in [0.4, 0.5) is 20.2 Å². The number of aliphatic hydroxyl groups excluding tert-OH is 1. The number of rotatable bonds is 7. The molecule has 0 radical (unpaired) electrons. The third-order valence-electron chi connectivity index (χ3n) is 5.95. The van der Waals surface area contributed by atoms with Gasteiger partial charge in [0.1, 0.15) is 37.3 Å². The van der Waals surface area contributed by atoms with Gasteiger partial charge in [-0.15, -0.1) is 0 Å². The van der Waals surface area contributed by atoms with E-state index in [1.165, 1.54) is 54.8 Å². The Hall–Kier alpha value is -3.87. The number of hydrogen-bond donors (Lipinski definition) is 2. The zero-order valence-corrected chi connectivity index (χ0v) is 22.0. The van der Waals surface area contributed by atoms with E-state index < -0.39 is 46.2 Å². The molecule has 2 aromatic carbocycles. The van der Waals surface area contributed by atoms with Gasteiger partial charge in [-0.1, -0.05) is 11.6 Å². The number of aliphatic hydroxyl groups is 2.